The summed E-state index contributed by atoms with van der Waals surface area (Å²) < 4.78 is 6.74. The zero-order chi connectivity index (χ0) is 20.4. The van der Waals surface area contributed by atoms with Crippen molar-refractivity contribution in [3.05, 3.63) is 51.9 Å². The number of aromatic amines is 1. The number of ether oxygens (including phenoxy) is 1. The topological polar surface area (TPSA) is 115 Å². The maximum atomic E-state index is 12.4. The van der Waals surface area contributed by atoms with Gasteiger partial charge in [-0.3, -0.25) is 9.59 Å². The van der Waals surface area contributed by atoms with Gasteiger partial charge in [0.05, 0.1) is 30.4 Å². The van der Waals surface area contributed by atoms with E-state index in [-0.39, 0.29) is 17.2 Å². The monoisotopic (exact) mass is 428 g/mol. The molecule has 4 rings (SSSR count). The third-order valence-electron chi connectivity index (χ3n) is 3.94. The lowest BCUT2D eigenvalue weighted by atomic mass is 10.3. The molecule has 1 aromatic carbocycles. The van der Waals surface area contributed by atoms with Crippen LogP contribution in [0.5, 0.6) is 5.75 Å². The molecule has 0 saturated carbocycles. The Bertz CT molecular complexity index is 1230. The fraction of sp³-hybridized carbons (Fsp3) is 0.167. The molecule has 3 aromatic heterocycles. The quantitative estimate of drug-likeness (QED) is 0.358. The number of benzene rings is 1. The number of aromatic nitrogens is 5. The van der Waals surface area contributed by atoms with Crippen molar-refractivity contribution < 1.29 is 9.53 Å². The number of fused-ring (bicyclic) bond motifs is 1. The Morgan fingerprint density at radius 3 is 2.79 bits per heavy atom. The van der Waals surface area contributed by atoms with Gasteiger partial charge in [0.1, 0.15) is 11.1 Å². The Morgan fingerprint density at radius 2 is 2.10 bits per heavy atom. The highest BCUT2D eigenvalue weighted by molar-refractivity contribution is 7.99. The molecule has 1 amide bonds. The fourth-order valence-electron chi connectivity index (χ4n) is 2.58. The van der Waals surface area contributed by atoms with E-state index in [2.05, 4.69) is 25.4 Å². The van der Waals surface area contributed by atoms with Gasteiger partial charge in [-0.15, -0.1) is 11.3 Å². The number of rotatable bonds is 6. The van der Waals surface area contributed by atoms with Gasteiger partial charge in [-0.05, 0) is 31.2 Å². The van der Waals surface area contributed by atoms with Crippen molar-refractivity contribution in [2.45, 2.75) is 12.1 Å². The molecule has 11 heteroatoms. The first-order chi connectivity index (χ1) is 14.0. The van der Waals surface area contributed by atoms with Gasteiger partial charge in [0, 0.05) is 5.38 Å². The van der Waals surface area contributed by atoms with E-state index < -0.39 is 0 Å². The number of nitrogens with zero attached hydrogens (tertiary/aromatic N) is 4. The normalized spacial score (nSPS) is 11.0. The smallest absolute Gasteiger partial charge is 0.262 e. The average molecular weight is 428 g/mol. The summed E-state index contributed by atoms with van der Waals surface area (Å²) in [6.07, 6.45) is 1.47. The molecular formula is C18H16N6O3S2. The number of thiazole rings is 1. The number of nitrogens with one attached hydrogen (secondary N) is 2. The van der Waals surface area contributed by atoms with E-state index >= 15 is 0 Å². The molecule has 0 aliphatic rings. The molecule has 29 heavy (non-hydrogen) atoms. The van der Waals surface area contributed by atoms with E-state index in [0.717, 1.165) is 23.1 Å². The Hall–Kier alpha value is -3.18. The molecule has 0 spiro atoms. The zero-order valence-corrected chi connectivity index (χ0v) is 17.1. The highest BCUT2D eigenvalue weighted by atomic mass is 32.2. The Balaban J connectivity index is 1.55. The van der Waals surface area contributed by atoms with Crippen LogP contribution in [0.2, 0.25) is 0 Å². The first-order valence-electron chi connectivity index (χ1n) is 8.51. The van der Waals surface area contributed by atoms with Crippen LogP contribution in [-0.4, -0.2) is 43.5 Å². The summed E-state index contributed by atoms with van der Waals surface area (Å²) in [6.45, 7) is 1.86. The summed E-state index contributed by atoms with van der Waals surface area (Å²) in [4.78, 5) is 35.9. The van der Waals surface area contributed by atoms with Crippen LogP contribution in [0.15, 0.2) is 45.8 Å². The van der Waals surface area contributed by atoms with Crippen molar-refractivity contribution in [2.75, 3.05) is 18.2 Å². The van der Waals surface area contributed by atoms with E-state index in [1.807, 2.05) is 24.4 Å². The summed E-state index contributed by atoms with van der Waals surface area (Å²) in [5.41, 5.74) is 1.69. The first kappa shape index (κ1) is 19.2. The number of aryl methyl sites for hydroxylation is 1. The van der Waals surface area contributed by atoms with Gasteiger partial charge in [-0.25, -0.2) is 14.6 Å². The second-order valence-electron chi connectivity index (χ2n) is 5.99. The molecule has 4 aromatic rings. The van der Waals surface area contributed by atoms with Crippen molar-refractivity contribution in [3.8, 4) is 11.4 Å². The summed E-state index contributed by atoms with van der Waals surface area (Å²) in [5.74, 6) is 0.577. The predicted octanol–water partition coefficient (Wildman–Crippen LogP) is 2.61. The van der Waals surface area contributed by atoms with E-state index in [1.165, 1.54) is 17.5 Å². The van der Waals surface area contributed by atoms with Crippen molar-refractivity contribution >= 4 is 45.2 Å². The van der Waals surface area contributed by atoms with Gasteiger partial charge in [-0.1, -0.05) is 11.8 Å². The Morgan fingerprint density at radius 1 is 1.31 bits per heavy atom. The fourth-order valence-corrected chi connectivity index (χ4v) is 3.94. The lowest BCUT2D eigenvalue weighted by Gasteiger charge is -2.06. The predicted molar refractivity (Wildman–Crippen MR) is 112 cm³/mol. The largest absolute Gasteiger partial charge is 0.497 e. The second kappa shape index (κ2) is 8.05. The van der Waals surface area contributed by atoms with Crippen molar-refractivity contribution in [1.82, 2.24) is 24.7 Å². The Labute approximate surface area is 173 Å². The van der Waals surface area contributed by atoms with Crippen molar-refractivity contribution in [3.63, 3.8) is 0 Å². The zero-order valence-electron chi connectivity index (χ0n) is 15.5. The van der Waals surface area contributed by atoms with Crippen LogP contribution in [0.1, 0.15) is 5.69 Å². The third kappa shape index (κ3) is 4.15. The van der Waals surface area contributed by atoms with Gasteiger partial charge in [-0.2, -0.15) is 5.10 Å². The van der Waals surface area contributed by atoms with Crippen LogP contribution in [0.3, 0.4) is 0 Å². The van der Waals surface area contributed by atoms with Gasteiger partial charge >= 0.3 is 0 Å². The molecule has 0 fully saturated rings. The van der Waals surface area contributed by atoms with Crippen LogP contribution in [0.25, 0.3) is 16.7 Å². The number of methoxy groups -OCH3 is 1. The molecule has 148 valence electrons. The number of hydrogen-bond donors (Lipinski definition) is 2. The molecule has 0 bridgehead atoms. The molecule has 0 aliphatic carbocycles. The molecule has 2 N–H and O–H groups in total. The maximum absolute atomic E-state index is 12.4. The summed E-state index contributed by atoms with van der Waals surface area (Å²) in [5, 5.41) is 10.1. The molecular weight excluding hydrogens is 412 g/mol. The van der Waals surface area contributed by atoms with E-state index in [1.54, 1.807) is 23.9 Å². The maximum Gasteiger partial charge on any atom is 0.262 e. The molecule has 0 saturated heterocycles. The number of amides is 1. The van der Waals surface area contributed by atoms with Gasteiger partial charge < -0.3 is 15.0 Å². The number of H-pyrrole nitrogens is 1. The molecule has 9 nitrogen and oxygen atoms in total. The molecule has 0 unspecified atom stereocenters. The van der Waals surface area contributed by atoms with E-state index in [9.17, 15) is 9.59 Å². The number of thioether (sulfide) groups is 1. The Kier molecular flexibility index (Phi) is 5.32. The number of carbonyl (C=O) groups excluding carboxylic acids is 1. The highest BCUT2D eigenvalue weighted by Crippen LogP contribution is 2.20. The SMILES string of the molecule is COc1ccc(-n2ncc3c(=O)[nH]c(SCC(=O)Nc4nc(C)cs4)nc32)cc1. The number of carbonyl (C=O) groups is 1. The molecule has 3 heterocycles. The number of anilines is 1. The molecule has 0 aliphatic heterocycles. The van der Waals surface area contributed by atoms with Gasteiger partial charge in [0.15, 0.2) is 15.9 Å². The summed E-state index contributed by atoms with van der Waals surface area (Å²) in [6, 6.07) is 7.25. The lowest BCUT2D eigenvalue weighted by molar-refractivity contribution is -0.113. The minimum atomic E-state index is -0.312. The van der Waals surface area contributed by atoms with E-state index in [4.69, 9.17) is 4.74 Å². The summed E-state index contributed by atoms with van der Waals surface area (Å²) in [7, 11) is 1.59. The standard InChI is InChI=1S/C18H16N6O3S2/c1-10-8-28-17(20-10)21-14(25)9-29-18-22-15-13(16(26)23-18)7-19-24(15)11-3-5-12(27-2)6-4-11/h3-8H,9H2,1-2H3,(H,20,21,25)(H,22,23,26). The minimum absolute atomic E-state index is 0.0871. The van der Waals surface area contributed by atoms with Crippen LogP contribution in [-0.2, 0) is 4.79 Å². The van der Waals surface area contributed by atoms with Crippen molar-refractivity contribution in [2.24, 2.45) is 0 Å². The van der Waals surface area contributed by atoms with E-state index in [0.29, 0.717) is 27.1 Å². The minimum Gasteiger partial charge on any atom is -0.497 e. The first-order valence-corrected chi connectivity index (χ1v) is 10.4. The van der Waals surface area contributed by atoms with Crippen LogP contribution >= 0.6 is 23.1 Å². The van der Waals surface area contributed by atoms with Crippen LogP contribution < -0.4 is 15.6 Å². The average Bonchev–Trinajstić information content (AvgIpc) is 3.33. The molecule has 0 atom stereocenters. The highest BCUT2D eigenvalue weighted by Gasteiger charge is 2.13. The lowest BCUT2D eigenvalue weighted by Crippen LogP contribution is -2.15. The second-order valence-corrected chi connectivity index (χ2v) is 7.82. The summed E-state index contributed by atoms with van der Waals surface area (Å²) >= 11 is 2.49. The number of hydrogen-bond acceptors (Lipinski definition) is 8. The van der Waals surface area contributed by atoms with Crippen LogP contribution in [0.4, 0.5) is 5.13 Å². The van der Waals surface area contributed by atoms with Gasteiger partial charge in [0.2, 0.25) is 5.91 Å². The van der Waals surface area contributed by atoms with Crippen LogP contribution in [0, 0.1) is 6.92 Å². The third-order valence-corrected chi connectivity index (χ3v) is 5.69. The van der Waals surface area contributed by atoms with Gasteiger partial charge in [0.25, 0.3) is 5.56 Å². The van der Waals surface area contributed by atoms with Crippen molar-refractivity contribution in [1.29, 1.82) is 0 Å². The molecule has 0 radical (unpaired) electrons.